The third-order valence-electron chi connectivity index (χ3n) is 2.66. The highest BCUT2D eigenvalue weighted by molar-refractivity contribution is 7.07. The summed E-state index contributed by atoms with van der Waals surface area (Å²) in [7, 11) is 0. The number of rotatable bonds is 10. The van der Waals surface area contributed by atoms with E-state index in [1.165, 1.54) is 18.4 Å². The average Bonchev–Trinajstić information content (AvgIpc) is 2.79. The van der Waals surface area contributed by atoms with Gasteiger partial charge in [-0.1, -0.05) is 13.8 Å². The molecule has 0 atom stereocenters. The Morgan fingerprint density at radius 2 is 2.18 bits per heavy atom. The molecule has 1 heterocycles. The number of hydrogen-bond acceptors (Lipinski definition) is 3. The lowest BCUT2D eigenvalue weighted by Crippen LogP contribution is -2.22. The van der Waals surface area contributed by atoms with E-state index in [2.05, 4.69) is 36.0 Å². The first-order chi connectivity index (χ1) is 8.29. The van der Waals surface area contributed by atoms with Gasteiger partial charge >= 0.3 is 0 Å². The van der Waals surface area contributed by atoms with Crippen LogP contribution in [0, 0.1) is 5.92 Å². The van der Waals surface area contributed by atoms with Gasteiger partial charge in [-0.25, -0.2) is 0 Å². The van der Waals surface area contributed by atoms with E-state index in [-0.39, 0.29) is 0 Å². The summed E-state index contributed by atoms with van der Waals surface area (Å²) >= 11 is 1.77. The molecular formula is C14H25NOS. The fourth-order valence-corrected chi connectivity index (χ4v) is 2.34. The lowest BCUT2D eigenvalue weighted by atomic mass is 10.1. The molecule has 0 aliphatic carbocycles. The molecule has 1 aromatic rings. The summed E-state index contributed by atoms with van der Waals surface area (Å²) in [5, 5.41) is 7.75. The molecule has 0 radical (unpaired) electrons. The Bertz CT molecular complexity index is 259. The van der Waals surface area contributed by atoms with Crippen LogP contribution in [-0.4, -0.2) is 26.3 Å². The largest absolute Gasteiger partial charge is 0.380 e. The molecule has 98 valence electrons. The molecule has 1 aromatic heterocycles. The van der Waals surface area contributed by atoms with Crippen molar-refractivity contribution in [2.75, 3.05) is 26.3 Å². The first kappa shape index (κ1) is 14.7. The molecule has 3 heteroatoms. The second-order valence-corrected chi connectivity index (χ2v) is 5.56. The van der Waals surface area contributed by atoms with Gasteiger partial charge in [-0.2, -0.15) is 11.3 Å². The Labute approximate surface area is 109 Å². The third kappa shape index (κ3) is 8.36. The highest BCUT2D eigenvalue weighted by atomic mass is 32.1. The predicted octanol–water partition coefficient (Wildman–Crippen LogP) is 3.33. The molecule has 0 spiro atoms. The van der Waals surface area contributed by atoms with Gasteiger partial charge in [0.1, 0.15) is 0 Å². The van der Waals surface area contributed by atoms with Crippen molar-refractivity contribution in [2.24, 2.45) is 5.92 Å². The standard InChI is InChI=1S/C14H25NOS/c1-13(2)4-3-9-16-10-8-15-7-5-14-6-11-17-12-14/h6,11-13,15H,3-5,7-10H2,1-2H3. The number of nitrogens with one attached hydrogen (secondary N) is 1. The lowest BCUT2D eigenvalue weighted by molar-refractivity contribution is 0.130. The second-order valence-electron chi connectivity index (χ2n) is 4.78. The Morgan fingerprint density at radius 1 is 1.29 bits per heavy atom. The molecule has 0 fully saturated rings. The maximum absolute atomic E-state index is 5.56. The van der Waals surface area contributed by atoms with Crippen LogP contribution in [0.15, 0.2) is 16.8 Å². The van der Waals surface area contributed by atoms with Gasteiger partial charge in [-0.15, -0.1) is 0 Å². The van der Waals surface area contributed by atoms with Gasteiger partial charge in [0.2, 0.25) is 0 Å². The van der Waals surface area contributed by atoms with Crippen molar-refractivity contribution in [3.63, 3.8) is 0 Å². The Kier molecular flexibility index (Phi) is 8.32. The van der Waals surface area contributed by atoms with Crippen molar-refractivity contribution in [2.45, 2.75) is 33.1 Å². The summed E-state index contributed by atoms with van der Waals surface area (Å²) in [4.78, 5) is 0. The fourth-order valence-electron chi connectivity index (χ4n) is 1.63. The molecule has 1 rings (SSSR count). The maximum Gasteiger partial charge on any atom is 0.0590 e. The topological polar surface area (TPSA) is 21.3 Å². The number of ether oxygens (including phenoxy) is 1. The molecule has 0 aliphatic heterocycles. The van der Waals surface area contributed by atoms with Gasteiger partial charge in [0.05, 0.1) is 6.61 Å². The highest BCUT2D eigenvalue weighted by Crippen LogP contribution is 2.05. The highest BCUT2D eigenvalue weighted by Gasteiger charge is 1.95. The Balaban J connectivity index is 1.79. The van der Waals surface area contributed by atoms with Gasteiger partial charge in [0, 0.05) is 13.2 Å². The lowest BCUT2D eigenvalue weighted by Gasteiger charge is -2.07. The SMILES string of the molecule is CC(C)CCCOCCNCCc1ccsc1. The van der Waals surface area contributed by atoms with E-state index in [9.17, 15) is 0 Å². The maximum atomic E-state index is 5.56. The first-order valence-corrected chi connectivity index (χ1v) is 7.53. The van der Waals surface area contributed by atoms with E-state index in [0.29, 0.717) is 0 Å². The average molecular weight is 255 g/mol. The van der Waals surface area contributed by atoms with Crippen molar-refractivity contribution in [3.05, 3.63) is 22.4 Å². The second kappa shape index (κ2) is 9.63. The molecule has 2 nitrogen and oxygen atoms in total. The van der Waals surface area contributed by atoms with Gasteiger partial charge in [0.25, 0.3) is 0 Å². The van der Waals surface area contributed by atoms with Crippen LogP contribution in [0.3, 0.4) is 0 Å². The third-order valence-corrected chi connectivity index (χ3v) is 3.40. The van der Waals surface area contributed by atoms with Gasteiger partial charge < -0.3 is 10.1 Å². The molecule has 17 heavy (non-hydrogen) atoms. The number of thiophene rings is 1. The predicted molar refractivity (Wildman–Crippen MR) is 75.8 cm³/mol. The van der Waals surface area contributed by atoms with Crippen LogP contribution < -0.4 is 5.32 Å². The molecule has 0 saturated heterocycles. The Morgan fingerprint density at radius 3 is 2.88 bits per heavy atom. The quantitative estimate of drug-likeness (QED) is 0.648. The molecule has 1 N–H and O–H groups in total. The van der Waals surface area contributed by atoms with Crippen molar-refractivity contribution >= 4 is 11.3 Å². The van der Waals surface area contributed by atoms with E-state index in [4.69, 9.17) is 4.74 Å². The minimum Gasteiger partial charge on any atom is -0.380 e. The van der Waals surface area contributed by atoms with E-state index in [0.717, 1.165) is 38.6 Å². The van der Waals surface area contributed by atoms with Crippen molar-refractivity contribution in [3.8, 4) is 0 Å². The smallest absolute Gasteiger partial charge is 0.0590 e. The molecule has 0 aromatic carbocycles. The van der Waals surface area contributed by atoms with Crippen molar-refractivity contribution in [1.29, 1.82) is 0 Å². The van der Waals surface area contributed by atoms with Crippen LogP contribution in [-0.2, 0) is 11.2 Å². The normalized spacial score (nSPS) is 11.2. The summed E-state index contributed by atoms with van der Waals surface area (Å²) in [6.45, 7) is 8.27. The molecule has 0 saturated carbocycles. The van der Waals surface area contributed by atoms with E-state index >= 15 is 0 Å². The zero-order chi connectivity index (χ0) is 12.3. The summed E-state index contributed by atoms with van der Waals surface area (Å²) < 4.78 is 5.56. The van der Waals surface area contributed by atoms with Gasteiger partial charge in [0.15, 0.2) is 0 Å². The van der Waals surface area contributed by atoms with Crippen LogP contribution in [0.2, 0.25) is 0 Å². The van der Waals surface area contributed by atoms with E-state index < -0.39 is 0 Å². The van der Waals surface area contributed by atoms with Crippen LogP contribution in [0.25, 0.3) is 0 Å². The van der Waals surface area contributed by atoms with Crippen LogP contribution >= 0.6 is 11.3 Å². The summed E-state index contributed by atoms with van der Waals surface area (Å²) in [5.41, 5.74) is 1.43. The van der Waals surface area contributed by atoms with Crippen molar-refractivity contribution in [1.82, 2.24) is 5.32 Å². The minimum absolute atomic E-state index is 0.794. The monoisotopic (exact) mass is 255 g/mol. The molecule has 0 bridgehead atoms. The summed E-state index contributed by atoms with van der Waals surface area (Å²) in [6.07, 6.45) is 3.58. The molecule has 0 unspecified atom stereocenters. The van der Waals surface area contributed by atoms with Gasteiger partial charge in [-0.05, 0) is 54.1 Å². The summed E-state index contributed by atoms with van der Waals surface area (Å²) in [5.74, 6) is 0.794. The molecule has 0 amide bonds. The fraction of sp³-hybridized carbons (Fsp3) is 0.714. The van der Waals surface area contributed by atoms with Crippen molar-refractivity contribution < 1.29 is 4.74 Å². The number of hydrogen-bond donors (Lipinski definition) is 1. The first-order valence-electron chi connectivity index (χ1n) is 6.58. The minimum atomic E-state index is 0.794. The zero-order valence-corrected chi connectivity index (χ0v) is 11.9. The molecular weight excluding hydrogens is 230 g/mol. The van der Waals surface area contributed by atoms with Crippen LogP contribution in [0.4, 0.5) is 0 Å². The van der Waals surface area contributed by atoms with Crippen LogP contribution in [0.1, 0.15) is 32.3 Å². The van der Waals surface area contributed by atoms with E-state index in [1.807, 2.05) is 0 Å². The zero-order valence-electron chi connectivity index (χ0n) is 11.1. The summed E-state index contributed by atoms with van der Waals surface area (Å²) in [6, 6.07) is 2.19. The Hall–Kier alpha value is -0.380. The van der Waals surface area contributed by atoms with Crippen LogP contribution in [0.5, 0.6) is 0 Å². The van der Waals surface area contributed by atoms with Gasteiger partial charge in [-0.3, -0.25) is 0 Å². The van der Waals surface area contributed by atoms with E-state index in [1.54, 1.807) is 11.3 Å². The molecule has 0 aliphatic rings.